The van der Waals surface area contributed by atoms with Crippen molar-refractivity contribution in [3.8, 4) is 11.4 Å². The number of benzene rings is 3. The number of hydrogen-bond acceptors (Lipinski definition) is 4. The van der Waals surface area contributed by atoms with E-state index < -0.39 is 0 Å². The van der Waals surface area contributed by atoms with Crippen LogP contribution in [0, 0.1) is 0 Å². The van der Waals surface area contributed by atoms with Gasteiger partial charge >= 0.3 is 11.4 Å². The molecule has 0 bridgehead atoms. The van der Waals surface area contributed by atoms with Crippen molar-refractivity contribution in [2.75, 3.05) is 0 Å². The molecule has 134 valence electrons. The lowest BCUT2D eigenvalue weighted by Crippen LogP contribution is -2.22. The molecule has 0 atom stereocenters. The fourth-order valence-electron chi connectivity index (χ4n) is 3.42. The molecule has 0 saturated carbocycles. The van der Waals surface area contributed by atoms with E-state index in [0.717, 1.165) is 21.8 Å². The number of para-hydroxylation sites is 2. The van der Waals surface area contributed by atoms with Gasteiger partial charge in [0, 0.05) is 23.2 Å². The van der Waals surface area contributed by atoms with Gasteiger partial charge in [-0.05, 0) is 36.4 Å². The van der Waals surface area contributed by atoms with Crippen LogP contribution < -0.4 is 11.4 Å². The van der Waals surface area contributed by atoms with E-state index in [0.29, 0.717) is 11.4 Å². The third-order valence-electron chi connectivity index (χ3n) is 4.73. The molecule has 28 heavy (non-hydrogen) atoms. The second kappa shape index (κ2) is 6.28. The SMILES string of the molecule is O=c1ncc2ccccc2n1-c1ccc(-n2c(=O)ncc3ccccc32)cc1. The molecule has 0 aliphatic rings. The Kier molecular flexibility index (Phi) is 3.62. The third kappa shape index (κ3) is 2.51. The maximum atomic E-state index is 12.4. The topological polar surface area (TPSA) is 69.8 Å². The molecule has 6 nitrogen and oxygen atoms in total. The van der Waals surface area contributed by atoms with Crippen LogP contribution in [0.25, 0.3) is 33.2 Å². The van der Waals surface area contributed by atoms with Gasteiger partial charge < -0.3 is 0 Å². The lowest BCUT2D eigenvalue weighted by atomic mass is 10.2. The molecule has 0 aliphatic carbocycles. The fourth-order valence-corrected chi connectivity index (χ4v) is 3.42. The average Bonchev–Trinajstić information content (AvgIpc) is 2.74. The lowest BCUT2D eigenvalue weighted by molar-refractivity contribution is 0.943. The number of nitrogens with zero attached hydrogens (tertiary/aromatic N) is 4. The Hall–Kier alpha value is -4.06. The van der Waals surface area contributed by atoms with Gasteiger partial charge in [0.2, 0.25) is 0 Å². The normalized spacial score (nSPS) is 11.1. The summed E-state index contributed by atoms with van der Waals surface area (Å²) in [6, 6.07) is 22.4. The molecule has 2 heterocycles. The van der Waals surface area contributed by atoms with E-state index in [1.54, 1.807) is 45.8 Å². The number of rotatable bonds is 2. The van der Waals surface area contributed by atoms with Crippen LogP contribution in [0.15, 0.2) is 94.8 Å². The second-order valence-electron chi connectivity index (χ2n) is 6.39. The number of aromatic nitrogens is 4. The van der Waals surface area contributed by atoms with Crippen LogP contribution in [0.2, 0.25) is 0 Å². The van der Waals surface area contributed by atoms with Gasteiger partial charge in [-0.3, -0.25) is 9.13 Å². The van der Waals surface area contributed by atoms with Crippen molar-refractivity contribution in [1.29, 1.82) is 0 Å². The van der Waals surface area contributed by atoms with Crippen LogP contribution in [0.4, 0.5) is 0 Å². The molecule has 6 heteroatoms. The minimum atomic E-state index is -0.351. The highest BCUT2D eigenvalue weighted by atomic mass is 16.1. The molecule has 2 aromatic heterocycles. The van der Waals surface area contributed by atoms with Crippen LogP contribution in [-0.2, 0) is 0 Å². The van der Waals surface area contributed by atoms with Crippen molar-refractivity contribution in [3.63, 3.8) is 0 Å². The maximum Gasteiger partial charge on any atom is 0.352 e. The van der Waals surface area contributed by atoms with Crippen LogP contribution in [0.3, 0.4) is 0 Å². The summed E-state index contributed by atoms with van der Waals surface area (Å²) in [4.78, 5) is 32.7. The van der Waals surface area contributed by atoms with Crippen molar-refractivity contribution in [1.82, 2.24) is 19.1 Å². The van der Waals surface area contributed by atoms with E-state index in [4.69, 9.17) is 0 Å². The standard InChI is InChI=1S/C22H14N4O2/c27-21-23-13-15-5-1-3-7-19(15)25(21)17-9-11-18(12-10-17)26-20-8-4-2-6-16(20)14-24-22(26)28/h1-14H. The van der Waals surface area contributed by atoms with E-state index in [-0.39, 0.29) is 11.4 Å². The Bertz CT molecular complexity index is 1340. The second-order valence-corrected chi connectivity index (χ2v) is 6.39. The molecule has 0 fully saturated rings. The summed E-state index contributed by atoms with van der Waals surface area (Å²) in [5.41, 5.74) is 2.21. The van der Waals surface area contributed by atoms with Gasteiger partial charge in [-0.15, -0.1) is 0 Å². The van der Waals surface area contributed by atoms with Crippen LogP contribution >= 0.6 is 0 Å². The number of fused-ring (bicyclic) bond motifs is 2. The maximum absolute atomic E-state index is 12.4. The van der Waals surface area contributed by atoms with Gasteiger partial charge in [-0.25, -0.2) is 19.6 Å². The zero-order chi connectivity index (χ0) is 19.1. The third-order valence-corrected chi connectivity index (χ3v) is 4.73. The van der Waals surface area contributed by atoms with Crippen molar-refractivity contribution < 1.29 is 0 Å². The first-order chi connectivity index (χ1) is 13.7. The molecule has 0 spiro atoms. The molecule has 5 aromatic rings. The van der Waals surface area contributed by atoms with Crippen LogP contribution in [0.5, 0.6) is 0 Å². The van der Waals surface area contributed by atoms with Crippen LogP contribution in [0.1, 0.15) is 0 Å². The first-order valence-corrected chi connectivity index (χ1v) is 8.77. The zero-order valence-corrected chi connectivity index (χ0v) is 14.7. The average molecular weight is 366 g/mol. The van der Waals surface area contributed by atoms with Gasteiger partial charge in [0.25, 0.3) is 0 Å². The van der Waals surface area contributed by atoms with E-state index in [1.807, 2.05) is 48.5 Å². The van der Waals surface area contributed by atoms with Crippen LogP contribution in [-0.4, -0.2) is 19.1 Å². The molecule has 5 rings (SSSR count). The Morgan fingerprint density at radius 2 is 0.929 bits per heavy atom. The highest BCUT2D eigenvalue weighted by Gasteiger charge is 2.09. The minimum absolute atomic E-state index is 0.351. The quantitative estimate of drug-likeness (QED) is 0.481. The first-order valence-electron chi connectivity index (χ1n) is 8.77. The van der Waals surface area contributed by atoms with Crippen molar-refractivity contribution >= 4 is 21.8 Å². The number of hydrogen-bond donors (Lipinski definition) is 0. The first kappa shape index (κ1) is 16.1. The molecular weight excluding hydrogens is 352 g/mol. The van der Waals surface area contributed by atoms with Gasteiger partial charge in [-0.2, -0.15) is 0 Å². The summed E-state index contributed by atoms with van der Waals surface area (Å²) < 4.78 is 3.12. The Labute approximate surface area is 159 Å². The summed E-state index contributed by atoms with van der Waals surface area (Å²) in [6.07, 6.45) is 3.15. The van der Waals surface area contributed by atoms with E-state index in [1.165, 1.54) is 0 Å². The van der Waals surface area contributed by atoms with Gasteiger partial charge in [0.05, 0.1) is 22.4 Å². The largest absolute Gasteiger partial charge is 0.352 e. The Balaban J connectivity index is 1.70. The minimum Gasteiger partial charge on any atom is -0.261 e. The summed E-state index contributed by atoms with van der Waals surface area (Å²) in [5, 5.41) is 1.75. The summed E-state index contributed by atoms with van der Waals surface area (Å²) in [5.74, 6) is 0. The monoisotopic (exact) mass is 366 g/mol. The van der Waals surface area contributed by atoms with Gasteiger partial charge in [-0.1, -0.05) is 36.4 Å². The lowest BCUT2D eigenvalue weighted by Gasteiger charge is -2.12. The highest BCUT2D eigenvalue weighted by molar-refractivity contribution is 5.80. The molecule has 0 saturated heterocycles. The molecule has 0 aliphatic heterocycles. The zero-order valence-electron chi connectivity index (χ0n) is 14.7. The molecular formula is C22H14N4O2. The van der Waals surface area contributed by atoms with Gasteiger partial charge in [0.15, 0.2) is 0 Å². The molecule has 3 aromatic carbocycles. The fraction of sp³-hybridized carbons (Fsp3) is 0. The Morgan fingerprint density at radius 1 is 0.536 bits per heavy atom. The van der Waals surface area contributed by atoms with Crippen molar-refractivity contribution in [2.45, 2.75) is 0 Å². The van der Waals surface area contributed by atoms with E-state index >= 15 is 0 Å². The highest BCUT2D eigenvalue weighted by Crippen LogP contribution is 2.19. The summed E-state index contributed by atoms with van der Waals surface area (Å²) in [6.45, 7) is 0. The van der Waals surface area contributed by atoms with E-state index in [2.05, 4.69) is 9.97 Å². The van der Waals surface area contributed by atoms with Gasteiger partial charge in [0.1, 0.15) is 0 Å². The summed E-state index contributed by atoms with van der Waals surface area (Å²) >= 11 is 0. The predicted octanol–water partition coefficient (Wildman–Crippen LogP) is 3.08. The van der Waals surface area contributed by atoms with Crippen molar-refractivity contribution in [2.24, 2.45) is 0 Å². The Morgan fingerprint density at radius 3 is 1.36 bits per heavy atom. The smallest absolute Gasteiger partial charge is 0.261 e. The van der Waals surface area contributed by atoms with Crippen molar-refractivity contribution in [3.05, 3.63) is 106 Å². The molecule has 0 unspecified atom stereocenters. The van der Waals surface area contributed by atoms with E-state index in [9.17, 15) is 9.59 Å². The molecule has 0 amide bonds. The molecule has 0 N–H and O–H groups in total. The molecule has 0 radical (unpaired) electrons. The summed E-state index contributed by atoms with van der Waals surface area (Å²) in [7, 11) is 0. The predicted molar refractivity (Wildman–Crippen MR) is 108 cm³/mol.